The molecule has 0 radical (unpaired) electrons. The smallest absolute Gasteiger partial charge is 0.471 e. The van der Waals surface area contributed by atoms with Crippen molar-refractivity contribution < 1.29 is 32.7 Å². The second kappa shape index (κ2) is 5.63. The molecule has 136 valence electrons. The third kappa shape index (κ3) is 2.95. The molecule has 1 saturated carbocycles. The zero-order chi connectivity index (χ0) is 18.6. The minimum absolute atomic E-state index is 0.00804. The lowest BCUT2D eigenvalue weighted by atomic mass is 9.98. The van der Waals surface area contributed by atoms with Crippen LogP contribution in [0.4, 0.5) is 13.2 Å². The predicted octanol–water partition coefficient (Wildman–Crippen LogP) is 1.26. The van der Waals surface area contributed by atoms with E-state index < -0.39 is 42.0 Å². The summed E-state index contributed by atoms with van der Waals surface area (Å²) in [6, 6.07) is -2.48. The number of fused-ring (bicyclic) bond motifs is 1. The number of aliphatic carboxylic acids is 1. The van der Waals surface area contributed by atoms with E-state index in [1.807, 2.05) is 13.8 Å². The summed E-state index contributed by atoms with van der Waals surface area (Å²) in [7, 11) is 0. The van der Waals surface area contributed by atoms with Crippen LogP contribution in [0.1, 0.15) is 27.7 Å². The molecule has 1 heterocycles. The summed E-state index contributed by atoms with van der Waals surface area (Å²) >= 11 is 0. The van der Waals surface area contributed by atoms with Gasteiger partial charge >= 0.3 is 18.1 Å². The standard InChI is InChI=1S/C15H21F3N2O4/c1-6(2)9(19-13(24)15(16,17)18)11(21)20-5-7-8(14(7,3)4)10(20)12(22)23/h6-10H,5H2,1-4H3,(H,19,24)(H,22,23)/t7-,8-,9-,10-/m0/s1. The molecule has 2 aliphatic rings. The van der Waals surface area contributed by atoms with Crippen LogP contribution in [-0.2, 0) is 14.4 Å². The number of carbonyl (C=O) groups excluding carboxylic acids is 2. The van der Waals surface area contributed by atoms with Crippen molar-refractivity contribution in [2.45, 2.75) is 46.0 Å². The van der Waals surface area contributed by atoms with Crippen molar-refractivity contribution in [1.29, 1.82) is 0 Å². The monoisotopic (exact) mass is 350 g/mol. The molecule has 2 amide bonds. The molecule has 2 rings (SSSR count). The fourth-order valence-corrected chi connectivity index (χ4v) is 3.71. The van der Waals surface area contributed by atoms with Crippen LogP contribution in [0.3, 0.4) is 0 Å². The maximum Gasteiger partial charge on any atom is 0.471 e. The summed E-state index contributed by atoms with van der Waals surface area (Å²) < 4.78 is 37.4. The van der Waals surface area contributed by atoms with Crippen LogP contribution in [0, 0.1) is 23.2 Å². The van der Waals surface area contributed by atoms with Gasteiger partial charge in [0.15, 0.2) is 0 Å². The van der Waals surface area contributed by atoms with E-state index in [1.54, 1.807) is 5.32 Å². The molecule has 0 aromatic heterocycles. The Hall–Kier alpha value is -1.80. The first-order valence-electron chi connectivity index (χ1n) is 7.71. The number of amides is 2. The van der Waals surface area contributed by atoms with Crippen LogP contribution >= 0.6 is 0 Å². The molecule has 6 nitrogen and oxygen atoms in total. The van der Waals surface area contributed by atoms with Gasteiger partial charge in [-0.15, -0.1) is 0 Å². The van der Waals surface area contributed by atoms with E-state index >= 15 is 0 Å². The number of rotatable bonds is 4. The minimum atomic E-state index is -5.10. The van der Waals surface area contributed by atoms with E-state index in [0.29, 0.717) is 0 Å². The fourth-order valence-electron chi connectivity index (χ4n) is 3.71. The highest BCUT2D eigenvalue weighted by Crippen LogP contribution is 2.64. The van der Waals surface area contributed by atoms with Crippen molar-refractivity contribution >= 4 is 17.8 Å². The molecule has 24 heavy (non-hydrogen) atoms. The van der Waals surface area contributed by atoms with Crippen LogP contribution in [0.15, 0.2) is 0 Å². The Morgan fingerprint density at radius 1 is 1.25 bits per heavy atom. The Balaban J connectivity index is 2.19. The molecule has 0 aromatic rings. The average Bonchev–Trinajstić information content (AvgIpc) is 2.82. The Labute approximate surface area is 137 Å². The van der Waals surface area contributed by atoms with Crippen LogP contribution in [0.2, 0.25) is 0 Å². The zero-order valence-corrected chi connectivity index (χ0v) is 13.8. The summed E-state index contributed by atoms with van der Waals surface area (Å²) in [5, 5.41) is 11.1. The number of alkyl halides is 3. The molecule has 9 heteroatoms. The molecular weight excluding hydrogens is 329 g/mol. The molecule has 0 spiro atoms. The van der Waals surface area contributed by atoms with Gasteiger partial charge in [0.05, 0.1) is 0 Å². The van der Waals surface area contributed by atoms with E-state index in [-0.39, 0.29) is 23.8 Å². The highest BCUT2D eigenvalue weighted by molar-refractivity contribution is 5.93. The molecule has 1 saturated heterocycles. The second-order valence-electron chi connectivity index (χ2n) is 7.42. The van der Waals surface area contributed by atoms with Gasteiger partial charge in [0.2, 0.25) is 5.91 Å². The van der Waals surface area contributed by atoms with E-state index in [4.69, 9.17) is 0 Å². The topological polar surface area (TPSA) is 86.7 Å². The molecule has 1 aliphatic heterocycles. The number of hydrogen-bond donors (Lipinski definition) is 2. The lowest BCUT2D eigenvalue weighted by Crippen LogP contribution is -2.57. The number of halogens is 3. The Morgan fingerprint density at radius 3 is 2.21 bits per heavy atom. The Kier molecular flexibility index (Phi) is 4.35. The van der Waals surface area contributed by atoms with Gasteiger partial charge in [-0.3, -0.25) is 9.59 Å². The lowest BCUT2D eigenvalue weighted by Gasteiger charge is -2.33. The fraction of sp³-hybridized carbons (Fsp3) is 0.800. The molecule has 0 bridgehead atoms. The van der Waals surface area contributed by atoms with E-state index in [0.717, 1.165) is 4.90 Å². The second-order valence-corrected chi connectivity index (χ2v) is 7.42. The first kappa shape index (κ1) is 18.5. The van der Waals surface area contributed by atoms with Gasteiger partial charge < -0.3 is 15.3 Å². The van der Waals surface area contributed by atoms with Gasteiger partial charge in [-0.25, -0.2) is 4.79 Å². The predicted molar refractivity (Wildman–Crippen MR) is 76.7 cm³/mol. The lowest BCUT2D eigenvalue weighted by molar-refractivity contribution is -0.175. The molecule has 0 unspecified atom stereocenters. The normalized spacial score (nSPS) is 29.2. The van der Waals surface area contributed by atoms with Gasteiger partial charge in [-0.05, 0) is 17.3 Å². The molecule has 2 N–H and O–H groups in total. The summed E-state index contributed by atoms with van der Waals surface area (Å²) in [5.41, 5.74) is -0.206. The largest absolute Gasteiger partial charge is 0.480 e. The third-order valence-electron chi connectivity index (χ3n) is 5.22. The highest BCUT2D eigenvalue weighted by atomic mass is 19.4. The van der Waals surface area contributed by atoms with Crippen molar-refractivity contribution in [3.05, 3.63) is 0 Å². The van der Waals surface area contributed by atoms with Crippen molar-refractivity contribution in [2.24, 2.45) is 23.2 Å². The van der Waals surface area contributed by atoms with Crippen molar-refractivity contribution in [3.63, 3.8) is 0 Å². The third-order valence-corrected chi connectivity index (χ3v) is 5.22. The van der Waals surface area contributed by atoms with Gasteiger partial charge in [0.25, 0.3) is 0 Å². The van der Waals surface area contributed by atoms with Gasteiger partial charge in [0, 0.05) is 12.5 Å². The summed E-state index contributed by atoms with van der Waals surface area (Å²) in [6.07, 6.45) is -5.10. The summed E-state index contributed by atoms with van der Waals surface area (Å²) in [5.74, 6) is -4.97. The van der Waals surface area contributed by atoms with Crippen LogP contribution in [0.5, 0.6) is 0 Å². The molecule has 2 fully saturated rings. The van der Waals surface area contributed by atoms with Gasteiger partial charge in [0.1, 0.15) is 12.1 Å². The van der Waals surface area contributed by atoms with Crippen molar-refractivity contribution in [2.75, 3.05) is 6.54 Å². The van der Waals surface area contributed by atoms with Crippen molar-refractivity contribution in [3.8, 4) is 0 Å². The first-order valence-corrected chi connectivity index (χ1v) is 7.71. The number of carbonyl (C=O) groups is 3. The number of likely N-dealkylation sites (tertiary alicyclic amines) is 1. The Morgan fingerprint density at radius 2 is 1.79 bits per heavy atom. The van der Waals surface area contributed by atoms with Crippen LogP contribution < -0.4 is 5.32 Å². The van der Waals surface area contributed by atoms with Crippen molar-refractivity contribution in [1.82, 2.24) is 10.2 Å². The van der Waals surface area contributed by atoms with E-state index in [1.165, 1.54) is 13.8 Å². The number of carboxylic acids is 1. The number of hydrogen-bond acceptors (Lipinski definition) is 3. The van der Waals surface area contributed by atoms with Gasteiger partial charge in [-0.1, -0.05) is 27.7 Å². The van der Waals surface area contributed by atoms with Crippen LogP contribution in [0.25, 0.3) is 0 Å². The van der Waals surface area contributed by atoms with Gasteiger partial charge in [-0.2, -0.15) is 13.2 Å². The summed E-state index contributed by atoms with van der Waals surface area (Å²) in [4.78, 5) is 36.4. The zero-order valence-electron chi connectivity index (χ0n) is 13.8. The minimum Gasteiger partial charge on any atom is -0.480 e. The van der Waals surface area contributed by atoms with E-state index in [2.05, 4.69) is 0 Å². The van der Waals surface area contributed by atoms with E-state index in [9.17, 15) is 32.7 Å². The quantitative estimate of drug-likeness (QED) is 0.799. The SMILES string of the molecule is CC(C)[C@H](NC(=O)C(F)(F)F)C(=O)N1C[C@H]2[C@@H]([C@H]1C(=O)O)C2(C)C. The van der Waals surface area contributed by atoms with Crippen LogP contribution in [-0.4, -0.2) is 52.6 Å². The molecule has 1 aliphatic carbocycles. The summed E-state index contributed by atoms with van der Waals surface area (Å²) in [6.45, 7) is 6.99. The highest BCUT2D eigenvalue weighted by Gasteiger charge is 2.69. The average molecular weight is 350 g/mol. The molecule has 0 aromatic carbocycles. The number of carboxylic acid groups (broad SMARTS) is 1. The Bertz CT molecular complexity index is 574. The first-order chi connectivity index (χ1) is 10.8. The maximum atomic E-state index is 12.6. The number of nitrogens with one attached hydrogen (secondary N) is 1. The number of nitrogens with zero attached hydrogens (tertiary/aromatic N) is 1. The number of piperidine rings is 1. The molecular formula is C15H21F3N2O4. The maximum absolute atomic E-state index is 12.6. The molecule has 4 atom stereocenters.